The Morgan fingerprint density at radius 1 is 1.35 bits per heavy atom. The van der Waals surface area contributed by atoms with Crippen molar-refractivity contribution in [3.05, 3.63) is 18.2 Å². The highest BCUT2D eigenvalue weighted by molar-refractivity contribution is 5.94. The standard InChI is InChI=1S/C11H14N2O3.ClH/c1-7(12)11(14)13-8-2-3-9-10(6-8)16-5-4-15-9;/h2-3,6-7H,4-5,12H2,1H3,(H,13,14);1H/t7-;/m0./s1. The van der Waals surface area contributed by atoms with Gasteiger partial charge in [0.1, 0.15) is 13.2 Å². The first-order chi connectivity index (χ1) is 7.66. The predicted molar refractivity (Wildman–Crippen MR) is 67.0 cm³/mol. The highest BCUT2D eigenvalue weighted by Crippen LogP contribution is 2.32. The summed E-state index contributed by atoms with van der Waals surface area (Å²) >= 11 is 0. The topological polar surface area (TPSA) is 73.6 Å². The molecule has 6 heteroatoms. The molecule has 1 aromatic rings. The molecular weight excluding hydrogens is 244 g/mol. The maximum atomic E-state index is 11.4. The van der Waals surface area contributed by atoms with Crippen molar-refractivity contribution < 1.29 is 14.3 Å². The van der Waals surface area contributed by atoms with Gasteiger partial charge in [-0.05, 0) is 19.1 Å². The minimum atomic E-state index is -0.534. The second-order valence-corrected chi connectivity index (χ2v) is 3.64. The molecule has 0 bridgehead atoms. The first kappa shape index (κ1) is 13.6. The van der Waals surface area contributed by atoms with Crippen molar-refractivity contribution in [3.8, 4) is 11.5 Å². The minimum absolute atomic E-state index is 0. The van der Waals surface area contributed by atoms with E-state index in [-0.39, 0.29) is 18.3 Å². The zero-order valence-electron chi connectivity index (χ0n) is 9.43. The summed E-state index contributed by atoms with van der Waals surface area (Å²) in [6.45, 7) is 2.71. The number of hydrogen-bond acceptors (Lipinski definition) is 4. The van der Waals surface area contributed by atoms with Crippen LogP contribution in [0.15, 0.2) is 18.2 Å². The molecule has 5 nitrogen and oxygen atoms in total. The predicted octanol–water partition coefficient (Wildman–Crippen LogP) is 1.17. The molecule has 1 atom stereocenters. The molecule has 0 spiro atoms. The lowest BCUT2D eigenvalue weighted by molar-refractivity contribution is -0.117. The van der Waals surface area contributed by atoms with Crippen molar-refractivity contribution in [3.63, 3.8) is 0 Å². The average Bonchev–Trinajstić information content (AvgIpc) is 2.28. The van der Waals surface area contributed by atoms with Crippen molar-refractivity contribution in [2.45, 2.75) is 13.0 Å². The lowest BCUT2D eigenvalue weighted by atomic mass is 10.2. The lowest BCUT2D eigenvalue weighted by Crippen LogP contribution is -2.32. The van der Waals surface area contributed by atoms with Crippen molar-refractivity contribution in [1.29, 1.82) is 0 Å². The number of hydrogen-bond donors (Lipinski definition) is 2. The van der Waals surface area contributed by atoms with E-state index in [1.165, 1.54) is 0 Å². The molecule has 0 radical (unpaired) electrons. The van der Waals surface area contributed by atoms with E-state index in [9.17, 15) is 4.79 Å². The second-order valence-electron chi connectivity index (χ2n) is 3.64. The van der Waals surface area contributed by atoms with Gasteiger partial charge in [0.05, 0.1) is 6.04 Å². The van der Waals surface area contributed by atoms with Gasteiger partial charge in [-0.3, -0.25) is 4.79 Å². The molecule has 2 rings (SSSR count). The molecule has 0 fully saturated rings. The van der Waals surface area contributed by atoms with E-state index in [1.54, 1.807) is 25.1 Å². The van der Waals surface area contributed by atoms with Crippen LogP contribution >= 0.6 is 12.4 Å². The number of benzene rings is 1. The number of nitrogens with two attached hydrogens (primary N) is 1. The van der Waals surface area contributed by atoms with Crippen LogP contribution in [0.25, 0.3) is 0 Å². The molecular formula is C11H15ClN2O3. The van der Waals surface area contributed by atoms with Gasteiger partial charge in [0.25, 0.3) is 0 Å². The molecule has 0 saturated heterocycles. The number of fused-ring (bicyclic) bond motifs is 1. The van der Waals surface area contributed by atoms with E-state index < -0.39 is 6.04 Å². The molecule has 0 unspecified atom stereocenters. The van der Waals surface area contributed by atoms with Crippen LogP contribution in [0.5, 0.6) is 11.5 Å². The third-order valence-corrected chi connectivity index (χ3v) is 2.22. The van der Waals surface area contributed by atoms with Gasteiger partial charge in [-0.25, -0.2) is 0 Å². The SMILES string of the molecule is C[C@H](N)C(=O)Nc1ccc2c(c1)OCCO2.Cl. The molecule has 1 aromatic carbocycles. The summed E-state index contributed by atoms with van der Waals surface area (Å²) in [6.07, 6.45) is 0. The van der Waals surface area contributed by atoms with E-state index in [1.807, 2.05) is 0 Å². The second kappa shape index (κ2) is 5.75. The van der Waals surface area contributed by atoms with E-state index in [4.69, 9.17) is 15.2 Å². The number of amides is 1. The number of halogens is 1. The number of carbonyl (C=O) groups is 1. The maximum absolute atomic E-state index is 11.4. The third kappa shape index (κ3) is 3.25. The Hall–Kier alpha value is -1.46. The van der Waals surface area contributed by atoms with E-state index in [0.717, 1.165) is 0 Å². The quantitative estimate of drug-likeness (QED) is 0.835. The molecule has 1 aliphatic heterocycles. The van der Waals surface area contributed by atoms with Crippen LogP contribution in [0.4, 0.5) is 5.69 Å². The molecule has 1 heterocycles. The van der Waals surface area contributed by atoms with Crippen LogP contribution in [0.3, 0.4) is 0 Å². The van der Waals surface area contributed by atoms with Gasteiger partial charge in [-0.2, -0.15) is 0 Å². The average molecular weight is 259 g/mol. The Morgan fingerprint density at radius 2 is 2.00 bits per heavy atom. The van der Waals surface area contributed by atoms with Crippen molar-refractivity contribution in [2.24, 2.45) is 5.73 Å². The molecule has 94 valence electrons. The first-order valence-corrected chi connectivity index (χ1v) is 5.13. The van der Waals surface area contributed by atoms with Crippen LogP contribution in [0, 0.1) is 0 Å². The Bertz CT molecular complexity index is 410. The normalized spacial score (nSPS) is 14.5. The van der Waals surface area contributed by atoms with E-state index in [0.29, 0.717) is 30.4 Å². The van der Waals surface area contributed by atoms with Gasteiger partial charge < -0.3 is 20.5 Å². The fourth-order valence-electron chi connectivity index (χ4n) is 1.38. The summed E-state index contributed by atoms with van der Waals surface area (Å²) in [4.78, 5) is 11.4. The van der Waals surface area contributed by atoms with Crippen LogP contribution < -0.4 is 20.5 Å². The summed E-state index contributed by atoms with van der Waals surface area (Å²) < 4.78 is 10.8. The van der Waals surface area contributed by atoms with Crippen molar-refractivity contribution in [1.82, 2.24) is 0 Å². The van der Waals surface area contributed by atoms with Crippen LogP contribution in [-0.4, -0.2) is 25.2 Å². The summed E-state index contributed by atoms with van der Waals surface area (Å²) in [7, 11) is 0. The molecule has 1 aliphatic rings. The first-order valence-electron chi connectivity index (χ1n) is 5.13. The molecule has 17 heavy (non-hydrogen) atoms. The monoisotopic (exact) mass is 258 g/mol. The van der Waals surface area contributed by atoms with Gasteiger partial charge in [0, 0.05) is 11.8 Å². The summed E-state index contributed by atoms with van der Waals surface area (Å²) in [5.41, 5.74) is 6.11. The summed E-state index contributed by atoms with van der Waals surface area (Å²) in [5.74, 6) is 1.12. The number of carbonyl (C=O) groups excluding carboxylic acids is 1. The largest absolute Gasteiger partial charge is 0.486 e. The molecule has 0 aliphatic carbocycles. The molecule has 1 amide bonds. The molecule has 3 N–H and O–H groups in total. The Morgan fingerprint density at radius 3 is 2.65 bits per heavy atom. The van der Waals surface area contributed by atoms with Gasteiger partial charge in [0.15, 0.2) is 11.5 Å². The van der Waals surface area contributed by atoms with Crippen LogP contribution in [0.1, 0.15) is 6.92 Å². The molecule has 0 saturated carbocycles. The lowest BCUT2D eigenvalue weighted by Gasteiger charge is -2.19. The van der Waals surface area contributed by atoms with Gasteiger partial charge >= 0.3 is 0 Å². The zero-order chi connectivity index (χ0) is 11.5. The van der Waals surface area contributed by atoms with Gasteiger partial charge in [0.2, 0.25) is 5.91 Å². The van der Waals surface area contributed by atoms with Crippen LogP contribution in [-0.2, 0) is 4.79 Å². The number of ether oxygens (including phenoxy) is 2. The number of rotatable bonds is 2. The van der Waals surface area contributed by atoms with E-state index in [2.05, 4.69) is 5.32 Å². The smallest absolute Gasteiger partial charge is 0.241 e. The Labute approximate surface area is 106 Å². The fourth-order valence-corrected chi connectivity index (χ4v) is 1.38. The summed E-state index contributed by atoms with van der Waals surface area (Å²) in [5, 5.41) is 2.69. The third-order valence-electron chi connectivity index (χ3n) is 2.22. The fraction of sp³-hybridized carbons (Fsp3) is 0.364. The van der Waals surface area contributed by atoms with Gasteiger partial charge in [-0.15, -0.1) is 12.4 Å². The van der Waals surface area contributed by atoms with Crippen molar-refractivity contribution >= 4 is 24.0 Å². The minimum Gasteiger partial charge on any atom is -0.486 e. The van der Waals surface area contributed by atoms with Crippen LogP contribution in [0.2, 0.25) is 0 Å². The van der Waals surface area contributed by atoms with Crippen molar-refractivity contribution in [2.75, 3.05) is 18.5 Å². The maximum Gasteiger partial charge on any atom is 0.241 e. The van der Waals surface area contributed by atoms with E-state index >= 15 is 0 Å². The Kier molecular flexibility index (Phi) is 4.60. The number of nitrogens with one attached hydrogen (secondary N) is 1. The molecule has 0 aromatic heterocycles. The Balaban J connectivity index is 0.00000144. The number of anilines is 1. The highest BCUT2D eigenvalue weighted by Gasteiger charge is 2.13. The highest BCUT2D eigenvalue weighted by atomic mass is 35.5. The van der Waals surface area contributed by atoms with Gasteiger partial charge in [-0.1, -0.05) is 0 Å². The zero-order valence-corrected chi connectivity index (χ0v) is 10.3. The summed E-state index contributed by atoms with van der Waals surface area (Å²) in [6, 6.07) is 4.72.